The van der Waals surface area contributed by atoms with Crippen LogP contribution >= 0.6 is 0 Å². The third-order valence-electron chi connectivity index (χ3n) is 8.20. The van der Waals surface area contributed by atoms with Crippen LogP contribution in [0.5, 0.6) is 0 Å². The Labute approximate surface area is 164 Å². The Bertz CT molecular complexity index is 895. The molecule has 1 saturated heterocycles. The largest absolute Gasteiger partial charge is 0.458 e. The Hall–Kier alpha value is -2.01. The van der Waals surface area contributed by atoms with E-state index in [4.69, 9.17) is 9.47 Å². The van der Waals surface area contributed by atoms with Crippen molar-refractivity contribution in [3.8, 4) is 0 Å². The molecule has 1 aliphatic heterocycles. The molecule has 0 bridgehead atoms. The van der Waals surface area contributed by atoms with Gasteiger partial charge in [-0.25, -0.2) is 0 Å². The van der Waals surface area contributed by atoms with E-state index < -0.39 is 11.6 Å². The Morgan fingerprint density at radius 2 is 2.11 bits per heavy atom. The van der Waals surface area contributed by atoms with E-state index in [0.29, 0.717) is 11.8 Å². The van der Waals surface area contributed by atoms with Crippen LogP contribution in [0, 0.1) is 22.7 Å². The van der Waals surface area contributed by atoms with Crippen LogP contribution in [0.1, 0.15) is 46.5 Å². The Morgan fingerprint density at radius 3 is 2.86 bits per heavy atom. The number of hydrogen-bond donors (Lipinski definition) is 0. The number of carbonyl (C=O) groups is 3. The van der Waals surface area contributed by atoms with Gasteiger partial charge in [0.15, 0.2) is 18.0 Å². The normalized spacial score (nSPS) is 45.1. The van der Waals surface area contributed by atoms with Crippen molar-refractivity contribution in [2.24, 2.45) is 22.7 Å². The molecule has 3 fully saturated rings. The van der Waals surface area contributed by atoms with Gasteiger partial charge in [0.25, 0.3) is 0 Å². The molecular formula is C23H26O5. The van der Waals surface area contributed by atoms with Crippen LogP contribution in [0.25, 0.3) is 0 Å². The van der Waals surface area contributed by atoms with Crippen LogP contribution in [0.2, 0.25) is 0 Å². The molecule has 5 rings (SSSR count). The van der Waals surface area contributed by atoms with E-state index in [9.17, 15) is 14.4 Å². The van der Waals surface area contributed by atoms with Gasteiger partial charge in [0.1, 0.15) is 0 Å². The van der Waals surface area contributed by atoms with Gasteiger partial charge in [0, 0.05) is 17.8 Å². The number of fused-ring (bicyclic) bond motifs is 7. The smallest absolute Gasteiger partial charge is 0.303 e. The van der Waals surface area contributed by atoms with Crippen LogP contribution in [0.3, 0.4) is 0 Å². The molecule has 6 atom stereocenters. The van der Waals surface area contributed by atoms with E-state index >= 15 is 0 Å². The summed E-state index contributed by atoms with van der Waals surface area (Å²) in [4.78, 5) is 36.0. The monoisotopic (exact) mass is 382 g/mol. The van der Waals surface area contributed by atoms with Gasteiger partial charge in [-0.2, -0.15) is 0 Å². The maximum absolute atomic E-state index is 13.0. The molecule has 4 aliphatic carbocycles. The van der Waals surface area contributed by atoms with Gasteiger partial charge in [-0.1, -0.05) is 30.2 Å². The molecule has 5 aliphatic rings. The summed E-state index contributed by atoms with van der Waals surface area (Å²) >= 11 is 0. The zero-order chi connectivity index (χ0) is 19.9. The van der Waals surface area contributed by atoms with Crippen molar-refractivity contribution in [3.63, 3.8) is 0 Å². The third-order valence-corrected chi connectivity index (χ3v) is 8.20. The molecule has 0 spiro atoms. The van der Waals surface area contributed by atoms with E-state index in [2.05, 4.69) is 26.0 Å². The molecule has 0 aromatic heterocycles. The molecule has 5 nitrogen and oxygen atoms in total. The van der Waals surface area contributed by atoms with E-state index in [1.165, 1.54) is 18.1 Å². The highest BCUT2D eigenvalue weighted by atomic mass is 16.6. The summed E-state index contributed by atoms with van der Waals surface area (Å²) in [5.74, 6) is 0.314. The van der Waals surface area contributed by atoms with Gasteiger partial charge in [-0.15, -0.1) is 0 Å². The summed E-state index contributed by atoms with van der Waals surface area (Å²) in [5, 5.41) is 0. The van der Waals surface area contributed by atoms with Gasteiger partial charge >= 0.3 is 5.97 Å². The average molecular weight is 382 g/mol. The fraction of sp³-hybridized carbons (Fsp3) is 0.609. The van der Waals surface area contributed by atoms with Crippen LogP contribution < -0.4 is 0 Å². The van der Waals surface area contributed by atoms with Gasteiger partial charge < -0.3 is 9.47 Å². The molecule has 0 N–H and O–H groups in total. The van der Waals surface area contributed by atoms with Gasteiger partial charge in [-0.05, 0) is 56.6 Å². The van der Waals surface area contributed by atoms with E-state index in [1.54, 1.807) is 6.08 Å². The van der Waals surface area contributed by atoms with Crippen molar-refractivity contribution in [3.05, 3.63) is 35.5 Å². The predicted molar refractivity (Wildman–Crippen MR) is 101 cm³/mol. The topological polar surface area (TPSA) is 73.0 Å². The van der Waals surface area contributed by atoms with E-state index in [1.807, 2.05) is 6.08 Å². The quantitative estimate of drug-likeness (QED) is 0.426. The van der Waals surface area contributed by atoms with Crippen LogP contribution in [-0.2, 0) is 23.9 Å². The first-order valence-electron chi connectivity index (χ1n) is 10.2. The third kappa shape index (κ3) is 2.08. The van der Waals surface area contributed by atoms with Crippen molar-refractivity contribution < 1.29 is 23.9 Å². The van der Waals surface area contributed by atoms with Crippen molar-refractivity contribution >= 4 is 17.5 Å². The first-order chi connectivity index (χ1) is 13.2. The Morgan fingerprint density at radius 1 is 1.32 bits per heavy atom. The van der Waals surface area contributed by atoms with Crippen molar-refractivity contribution in [1.82, 2.24) is 0 Å². The fourth-order valence-electron chi connectivity index (χ4n) is 6.72. The maximum Gasteiger partial charge on any atom is 0.303 e. The summed E-state index contributed by atoms with van der Waals surface area (Å²) in [6.45, 7) is 5.51. The standard InChI is InChI=1S/C23H26O5/c1-13(24)27-12-19(26)23-20(28-23)11-18-16-5-4-14-10-15(25)6-8-21(14,2)17(16)7-9-22(18,23)3/h6-8,10,16,18,20H,4-5,9,11-12H2,1-3H3/t16?,18?,20-,21?,22?,23+/m1/s1. The first-order valence-corrected chi connectivity index (χ1v) is 10.2. The zero-order valence-electron chi connectivity index (χ0n) is 16.6. The van der Waals surface area contributed by atoms with Gasteiger partial charge in [0.2, 0.25) is 5.78 Å². The highest BCUT2D eigenvalue weighted by Gasteiger charge is 2.79. The van der Waals surface area contributed by atoms with Gasteiger partial charge in [-0.3, -0.25) is 14.4 Å². The van der Waals surface area contributed by atoms with Crippen molar-refractivity contribution in [2.45, 2.75) is 58.2 Å². The zero-order valence-corrected chi connectivity index (χ0v) is 16.6. The van der Waals surface area contributed by atoms with Crippen LogP contribution in [0.15, 0.2) is 35.5 Å². The number of ether oxygens (including phenoxy) is 2. The molecule has 1 heterocycles. The molecule has 148 valence electrons. The van der Waals surface area contributed by atoms with Crippen molar-refractivity contribution in [1.29, 1.82) is 0 Å². The lowest BCUT2D eigenvalue weighted by atomic mass is 9.51. The number of rotatable bonds is 3. The summed E-state index contributed by atoms with van der Waals surface area (Å²) in [7, 11) is 0. The molecule has 2 saturated carbocycles. The Balaban J connectivity index is 1.49. The molecule has 0 radical (unpaired) electrons. The Kier molecular flexibility index (Phi) is 3.57. The minimum absolute atomic E-state index is 0.0634. The lowest BCUT2D eigenvalue weighted by Crippen LogP contribution is -2.51. The van der Waals surface area contributed by atoms with E-state index in [0.717, 1.165) is 25.7 Å². The highest BCUT2D eigenvalue weighted by Crippen LogP contribution is 2.71. The molecule has 0 amide bonds. The number of epoxide rings is 1. The minimum atomic E-state index is -0.801. The summed E-state index contributed by atoms with van der Waals surface area (Å²) in [6, 6.07) is 0. The number of ketones is 2. The van der Waals surface area contributed by atoms with Crippen molar-refractivity contribution in [2.75, 3.05) is 6.61 Å². The number of carbonyl (C=O) groups excluding carboxylic acids is 3. The summed E-state index contributed by atoms with van der Waals surface area (Å²) in [5.41, 5.74) is 1.37. The number of allylic oxidation sites excluding steroid dienone is 6. The lowest BCUT2D eigenvalue weighted by Gasteiger charge is -2.52. The fourth-order valence-corrected chi connectivity index (χ4v) is 6.72. The summed E-state index contributed by atoms with van der Waals surface area (Å²) < 4.78 is 11.0. The maximum atomic E-state index is 13.0. The molecular weight excluding hydrogens is 356 g/mol. The SMILES string of the molecule is CC(=O)OCC(=O)[C@]12O[C@@H]1CC1C3CCC4=CC(=O)C=CC4(C)C3=CCC12C. The molecule has 5 heteroatoms. The molecule has 0 aromatic carbocycles. The highest BCUT2D eigenvalue weighted by molar-refractivity contribution is 6.01. The second kappa shape index (κ2) is 5.53. The second-order valence-electron chi connectivity index (χ2n) is 9.42. The summed E-state index contributed by atoms with van der Waals surface area (Å²) in [6.07, 6.45) is 11.4. The average Bonchev–Trinajstić information content (AvgIpc) is 3.32. The molecule has 28 heavy (non-hydrogen) atoms. The second-order valence-corrected chi connectivity index (χ2v) is 9.42. The van der Waals surface area contributed by atoms with Gasteiger partial charge in [0.05, 0.1) is 6.10 Å². The van der Waals surface area contributed by atoms with E-state index in [-0.39, 0.29) is 35.1 Å². The number of Topliss-reactive ketones (excluding diaryl/α,β-unsaturated/α-hetero) is 1. The number of hydrogen-bond acceptors (Lipinski definition) is 5. The minimum Gasteiger partial charge on any atom is -0.458 e. The molecule has 0 aromatic rings. The lowest BCUT2D eigenvalue weighted by molar-refractivity contribution is -0.149. The number of esters is 1. The molecule has 4 unspecified atom stereocenters. The van der Waals surface area contributed by atoms with Crippen LogP contribution in [0.4, 0.5) is 0 Å². The first kappa shape index (κ1) is 18.0. The van der Waals surface area contributed by atoms with Crippen LogP contribution in [-0.4, -0.2) is 35.8 Å². The predicted octanol–water partition coefficient (Wildman–Crippen LogP) is 3.09.